The standard InChI is InChI=1S/C44H24F2N4/c45-37-11-7-12-38(46)44(37)36-22-27(25-47)16-18-43(36)50-41-15-6-3-10-34(41)35-24-29(17-19-42(35)50)30-20-28(26-48)21-31(23-30)49-39-13-4-1-8-32(39)33-9-2-5-14-40(33)49/h1-24H. The Labute approximate surface area is 285 Å². The summed E-state index contributed by atoms with van der Waals surface area (Å²) in [6, 6.07) is 49.7. The zero-order valence-corrected chi connectivity index (χ0v) is 26.4. The van der Waals surface area contributed by atoms with Crippen molar-refractivity contribution in [3.63, 3.8) is 0 Å². The van der Waals surface area contributed by atoms with Gasteiger partial charge in [-0.2, -0.15) is 10.5 Å². The molecule has 0 aliphatic rings. The van der Waals surface area contributed by atoms with E-state index >= 15 is 8.78 Å². The van der Waals surface area contributed by atoms with Crippen molar-refractivity contribution in [2.45, 2.75) is 0 Å². The number of nitriles is 2. The molecule has 0 unspecified atom stereocenters. The van der Waals surface area contributed by atoms with E-state index in [4.69, 9.17) is 0 Å². The second-order valence-electron chi connectivity index (χ2n) is 12.3. The molecule has 9 rings (SSSR count). The van der Waals surface area contributed by atoms with Crippen LogP contribution in [0.3, 0.4) is 0 Å². The summed E-state index contributed by atoms with van der Waals surface area (Å²) in [4.78, 5) is 0. The lowest BCUT2D eigenvalue weighted by atomic mass is 9.99. The predicted octanol–water partition coefficient (Wildman–Crippen LogP) is 11.2. The Hall–Kier alpha value is -7.02. The van der Waals surface area contributed by atoms with Crippen LogP contribution in [0, 0.1) is 34.3 Å². The summed E-state index contributed by atoms with van der Waals surface area (Å²) < 4.78 is 34.7. The third kappa shape index (κ3) is 4.40. The van der Waals surface area contributed by atoms with Crippen molar-refractivity contribution in [1.82, 2.24) is 9.13 Å². The van der Waals surface area contributed by atoms with E-state index in [0.717, 1.165) is 60.4 Å². The van der Waals surface area contributed by atoms with Gasteiger partial charge in [0, 0.05) is 32.8 Å². The number of halogens is 2. The summed E-state index contributed by atoms with van der Waals surface area (Å²) in [5.41, 5.74) is 7.94. The van der Waals surface area contributed by atoms with E-state index in [1.165, 1.54) is 24.3 Å². The van der Waals surface area contributed by atoms with Crippen LogP contribution in [0.5, 0.6) is 0 Å². The number of hydrogen-bond acceptors (Lipinski definition) is 2. The first-order valence-electron chi connectivity index (χ1n) is 16.1. The molecule has 0 saturated carbocycles. The van der Waals surface area contributed by atoms with Crippen LogP contribution in [-0.2, 0) is 0 Å². The van der Waals surface area contributed by atoms with Gasteiger partial charge in [-0.05, 0) is 90.0 Å². The highest BCUT2D eigenvalue weighted by atomic mass is 19.1. The molecule has 0 aliphatic heterocycles. The van der Waals surface area contributed by atoms with Gasteiger partial charge in [-0.25, -0.2) is 8.78 Å². The van der Waals surface area contributed by atoms with Gasteiger partial charge < -0.3 is 9.13 Å². The molecule has 234 valence electrons. The van der Waals surface area contributed by atoms with E-state index in [9.17, 15) is 10.5 Å². The van der Waals surface area contributed by atoms with Crippen molar-refractivity contribution in [1.29, 1.82) is 10.5 Å². The Balaban J connectivity index is 1.28. The quantitative estimate of drug-likeness (QED) is 0.191. The van der Waals surface area contributed by atoms with Crippen LogP contribution in [-0.4, -0.2) is 9.13 Å². The molecular weight excluding hydrogens is 623 g/mol. The molecule has 0 saturated heterocycles. The number of nitrogens with zero attached hydrogens (tertiary/aromatic N) is 4. The number of rotatable bonds is 4. The van der Waals surface area contributed by atoms with Gasteiger partial charge in [0.2, 0.25) is 0 Å². The Morgan fingerprint density at radius 3 is 1.66 bits per heavy atom. The molecule has 4 nitrogen and oxygen atoms in total. The molecular formula is C44H24F2N4. The lowest BCUT2D eigenvalue weighted by Gasteiger charge is -2.16. The van der Waals surface area contributed by atoms with Crippen molar-refractivity contribution < 1.29 is 8.78 Å². The van der Waals surface area contributed by atoms with E-state index in [1.54, 1.807) is 12.1 Å². The maximum absolute atomic E-state index is 15.3. The number of para-hydroxylation sites is 3. The summed E-state index contributed by atoms with van der Waals surface area (Å²) in [6.45, 7) is 0. The minimum Gasteiger partial charge on any atom is -0.309 e. The van der Waals surface area contributed by atoms with E-state index in [0.29, 0.717) is 16.8 Å². The van der Waals surface area contributed by atoms with E-state index in [-0.39, 0.29) is 11.1 Å². The number of aromatic nitrogens is 2. The second-order valence-corrected chi connectivity index (χ2v) is 12.3. The van der Waals surface area contributed by atoms with Crippen molar-refractivity contribution in [3.05, 3.63) is 168 Å². The highest BCUT2D eigenvalue weighted by Gasteiger charge is 2.21. The van der Waals surface area contributed by atoms with Crippen LogP contribution in [0.2, 0.25) is 0 Å². The second kappa shape index (κ2) is 11.3. The Kier molecular flexibility index (Phi) is 6.59. The lowest BCUT2D eigenvalue weighted by molar-refractivity contribution is 0.589. The fraction of sp³-hybridized carbons (Fsp3) is 0. The molecule has 0 aliphatic carbocycles. The van der Waals surface area contributed by atoms with Gasteiger partial charge in [0.1, 0.15) is 11.6 Å². The Bertz CT molecular complexity index is 2860. The number of fused-ring (bicyclic) bond motifs is 6. The highest BCUT2D eigenvalue weighted by Crippen LogP contribution is 2.40. The smallest absolute Gasteiger partial charge is 0.134 e. The molecule has 0 amide bonds. The first-order valence-corrected chi connectivity index (χ1v) is 16.1. The van der Waals surface area contributed by atoms with E-state index in [1.807, 2.05) is 77.4 Å². The molecule has 0 atom stereocenters. The molecule has 0 N–H and O–H groups in total. The summed E-state index contributed by atoms with van der Waals surface area (Å²) in [6.07, 6.45) is 0. The summed E-state index contributed by atoms with van der Waals surface area (Å²) in [7, 11) is 0. The van der Waals surface area contributed by atoms with Crippen LogP contribution in [0.4, 0.5) is 8.78 Å². The molecule has 50 heavy (non-hydrogen) atoms. The van der Waals surface area contributed by atoms with Crippen LogP contribution in [0.1, 0.15) is 11.1 Å². The first-order chi connectivity index (χ1) is 24.5. The molecule has 0 fully saturated rings. The zero-order chi connectivity index (χ0) is 33.9. The number of benzene rings is 7. The third-order valence-corrected chi connectivity index (χ3v) is 9.49. The Morgan fingerprint density at radius 1 is 0.440 bits per heavy atom. The van der Waals surface area contributed by atoms with Crippen LogP contribution in [0.15, 0.2) is 146 Å². The van der Waals surface area contributed by atoms with Gasteiger partial charge in [0.15, 0.2) is 0 Å². The van der Waals surface area contributed by atoms with Gasteiger partial charge in [0.05, 0.1) is 56.6 Å². The van der Waals surface area contributed by atoms with Gasteiger partial charge in [-0.3, -0.25) is 0 Å². The topological polar surface area (TPSA) is 57.4 Å². The maximum Gasteiger partial charge on any atom is 0.134 e. The molecule has 2 heterocycles. The summed E-state index contributed by atoms with van der Waals surface area (Å²) >= 11 is 0. The molecule has 0 radical (unpaired) electrons. The molecule has 9 aromatic rings. The first kappa shape index (κ1) is 29.1. The fourth-order valence-electron chi connectivity index (χ4n) is 7.34. The van der Waals surface area contributed by atoms with E-state index in [2.05, 4.69) is 53.1 Å². The summed E-state index contributed by atoms with van der Waals surface area (Å²) in [5, 5.41) is 24.0. The zero-order valence-electron chi connectivity index (χ0n) is 26.4. The monoisotopic (exact) mass is 646 g/mol. The van der Waals surface area contributed by atoms with Crippen LogP contribution in [0.25, 0.3) is 77.2 Å². The van der Waals surface area contributed by atoms with Crippen molar-refractivity contribution >= 4 is 43.6 Å². The molecule has 6 heteroatoms. The highest BCUT2D eigenvalue weighted by molar-refractivity contribution is 6.11. The molecule has 7 aromatic carbocycles. The minimum atomic E-state index is -0.708. The Morgan fingerprint density at radius 2 is 1.02 bits per heavy atom. The van der Waals surface area contributed by atoms with E-state index < -0.39 is 11.6 Å². The van der Waals surface area contributed by atoms with Gasteiger partial charge in [0.25, 0.3) is 0 Å². The van der Waals surface area contributed by atoms with Gasteiger partial charge >= 0.3 is 0 Å². The van der Waals surface area contributed by atoms with Crippen LogP contribution < -0.4 is 0 Å². The normalized spacial score (nSPS) is 11.4. The van der Waals surface area contributed by atoms with Crippen molar-refractivity contribution in [2.75, 3.05) is 0 Å². The maximum atomic E-state index is 15.3. The number of hydrogen-bond donors (Lipinski definition) is 0. The van der Waals surface area contributed by atoms with Crippen LogP contribution >= 0.6 is 0 Å². The minimum absolute atomic E-state index is 0.187. The van der Waals surface area contributed by atoms with Crippen molar-refractivity contribution in [3.8, 4) is 45.8 Å². The third-order valence-electron chi connectivity index (χ3n) is 9.49. The summed E-state index contributed by atoms with van der Waals surface area (Å²) in [5.74, 6) is -1.42. The average molecular weight is 647 g/mol. The molecule has 0 bridgehead atoms. The molecule has 2 aromatic heterocycles. The van der Waals surface area contributed by atoms with Crippen molar-refractivity contribution in [2.24, 2.45) is 0 Å². The SMILES string of the molecule is N#Cc1cc(-c2ccc3c(c2)c2ccccc2n3-c2ccc(C#N)cc2-c2c(F)cccc2F)cc(-n2c3ccccc3c3ccccc32)c1. The lowest BCUT2D eigenvalue weighted by Crippen LogP contribution is -2.00. The predicted molar refractivity (Wildman–Crippen MR) is 195 cm³/mol. The fourth-order valence-corrected chi connectivity index (χ4v) is 7.34. The van der Waals surface area contributed by atoms with Gasteiger partial charge in [-0.1, -0.05) is 66.7 Å². The average Bonchev–Trinajstić information content (AvgIpc) is 3.67. The largest absolute Gasteiger partial charge is 0.309 e. The molecule has 0 spiro atoms. The van der Waals surface area contributed by atoms with Gasteiger partial charge in [-0.15, -0.1) is 0 Å².